The number of carbonyl (C=O) groups is 1. The molecule has 1 heterocycles. The van der Waals surface area contributed by atoms with Gasteiger partial charge in [0.05, 0.1) is 0 Å². The quantitative estimate of drug-likeness (QED) is 0.925. The van der Waals surface area contributed by atoms with Crippen molar-refractivity contribution in [2.45, 2.75) is 38.3 Å². The van der Waals surface area contributed by atoms with Crippen LogP contribution in [0.25, 0.3) is 0 Å². The predicted molar refractivity (Wildman–Crippen MR) is 80.6 cm³/mol. The summed E-state index contributed by atoms with van der Waals surface area (Å²) in [6, 6.07) is 8.44. The van der Waals surface area contributed by atoms with Crippen molar-refractivity contribution in [3.63, 3.8) is 0 Å². The zero-order valence-corrected chi connectivity index (χ0v) is 12.4. The van der Waals surface area contributed by atoms with Gasteiger partial charge in [0, 0.05) is 36.6 Å². The molecule has 0 radical (unpaired) electrons. The average Bonchev–Trinajstić information content (AvgIpc) is 3.28. The number of rotatable bonds is 4. The first-order chi connectivity index (χ1) is 9.70. The molecule has 20 heavy (non-hydrogen) atoms. The van der Waals surface area contributed by atoms with Crippen molar-refractivity contribution in [1.29, 1.82) is 0 Å². The molecule has 1 aliphatic carbocycles. The van der Waals surface area contributed by atoms with Crippen LogP contribution >= 0.6 is 11.6 Å². The highest BCUT2D eigenvalue weighted by molar-refractivity contribution is 6.30. The lowest BCUT2D eigenvalue weighted by molar-refractivity contribution is -0.123. The molecule has 1 saturated carbocycles. The van der Waals surface area contributed by atoms with Crippen LogP contribution in [-0.2, 0) is 11.3 Å². The molecule has 4 heteroatoms. The summed E-state index contributed by atoms with van der Waals surface area (Å²) in [6.07, 6.45) is 4.29. The minimum Gasteiger partial charge on any atom is -0.353 e. The second-order valence-corrected chi connectivity index (χ2v) is 6.40. The van der Waals surface area contributed by atoms with Crippen molar-refractivity contribution in [3.05, 3.63) is 34.9 Å². The number of amides is 1. The standard InChI is InChI=1S/C16H21ClN2O/c17-14-5-1-12(2-6-14)11-19-9-7-15(8-10-19)18-16(20)13-3-4-13/h1-2,5-6,13,15H,3-4,7-11H2,(H,18,20). The number of piperidine rings is 1. The minimum atomic E-state index is 0.279. The Kier molecular flexibility index (Phi) is 4.27. The highest BCUT2D eigenvalue weighted by Gasteiger charge is 2.31. The van der Waals surface area contributed by atoms with E-state index in [-0.39, 0.29) is 5.91 Å². The van der Waals surface area contributed by atoms with Crippen LogP contribution in [0.1, 0.15) is 31.2 Å². The summed E-state index contributed by atoms with van der Waals surface area (Å²) >= 11 is 5.90. The maximum Gasteiger partial charge on any atom is 0.223 e. The normalized spacial score (nSPS) is 20.9. The van der Waals surface area contributed by atoms with Crippen molar-refractivity contribution in [1.82, 2.24) is 10.2 Å². The van der Waals surface area contributed by atoms with E-state index < -0.39 is 0 Å². The molecule has 1 aromatic carbocycles. The maximum atomic E-state index is 11.7. The van der Waals surface area contributed by atoms with E-state index in [9.17, 15) is 4.79 Å². The number of hydrogen-bond acceptors (Lipinski definition) is 2. The summed E-state index contributed by atoms with van der Waals surface area (Å²) in [4.78, 5) is 14.2. The fourth-order valence-electron chi connectivity index (χ4n) is 2.75. The molecule has 1 saturated heterocycles. The Morgan fingerprint density at radius 3 is 2.40 bits per heavy atom. The van der Waals surface area contributed by atoms with Gasteiger partial charge in [0.15, 0.2) is 0 Å². The number of carbonyl (C=O) groups excluding carboxylic acids is 1. The highest BCUT2D eigenvalue weighted by Crippen LogP contribution is 2.29. The first-order valence-corrected chi connectivity index (χ1v) is 7.86. The van der Waals surface area contributed by atoms with E-state index in [1.807, 2.05) is 12.1 Å². The molecule has 0 spiro atoms. The van der Waals surface area contributed by atoms with Crippen LogP contribution in [0.5, 0.6) is 0 Å². The van der Waals surface area contributed by atoms with Gasteiger partial charge in [0.1, 0.15) is 0 Å². The van der Waals surface area contributed by atoms with Gasteiger partial charge in [-0.15, -0.1) is 0 Å². The van der Waals surface area contributed by atoms with Gasteiger partial charge in [-0.25, -0.2) is 0 Å². The van der Waals surface area contributed by atoms with Gasteiger partial charge in [0.2, 0.25) is 5.91 Å². The topological polar surface area (TPSA) is 32.3 Å². The second kappa shape index (κ2) is 6.15. The Morgan fingerprint density at radius 1 is 1.15 bits per heavy atom. The van der Waals surface area contributed by atoms with E-state index in [1.54, 1.807) is 0 Å². The predicted octanol–water partition coefficient (Wildman–Crippen LogP) is 2.83. The average molecular weight is 293 g/mol. The fraction of sp³-hybridized carbons (Fsp3) is 0.562. The van der Waals surface area contributed by atoms with Crippen LogP contribution in [0.15, 0.2) is 24.3 Å². The largest absolute Gasteiger partial charge is 0.353 e. The SMILES string of the molecule is O=C(NC1CCN(Cc2ccc(Cl)cc2)CC1)C1CC1. The molecule has 0 atom stereocenters. The summed E-state index contributed by atoms with van der Waals surface area (Å²) < 4.78 is 0. The molecule has 2 fully saturated rings. The molecule has 1 amide bonds. The third-order valence-electron chi connectivity index (χ3n) is 4.20. The molecule has 108 valence electrons. The van der Waals surface area contributed by atoms with E-state index in [2.05, 4.69) is 22.3 Å². The number of benzene rings is 1. The van der Waals surface area contributed by atoms with Gasteiger partial charge in [0.25, 0.3) is 0 Å². The number of hydrogen-bond donors (Lipinski definition) is 1. The first kappa shape index (κ1) is 13.9. The third kappa shape index (κ3) is 3.74. The molecule has 1 aliphatic heterocycles. The molecule has 2 aliphatic rings. The lowest BCUT2D eigenvalue weighted by atomic mass is 10.0. The van der Waals surface area contributed by atoms with Gasteiger partial charge in [-0.2, -0.15) is 0 Å². The number of nitrogens with zero attached hydrogens (tertiary/aromatic N) is 1. The van der Waals surface area contributed by atoms with Crippen molar-refractivity contribution in [2.24, 2.45) is 5.92 Å². The van der Waals surface area contributed by atoms with Crippen LogP contribution in [-0.4, -0.2) is 29.9 Å². The van der Waals surface area contributed by atoms with Crippen LogP contribution in [0.4, 0.5) is 0 Å². The van der Waals surface area contributed by atoms with Gasteiger partial charge in [-0.3, -0.25) is 9.69 Å². The van der Waals surface area contributed by atoms with Crippen LogP contribution in [0.2, 0.25) is 5.02 Å². The van der Waals surface area contributed by atoms with Crippen molar-refractivity contribution < 1.29 is 4.79 Å². The molecule has 0 unspecified atom stereocenters. The van der Waals surface area contributed by atoms with Gasteiger partial charge >= 0.3 is 0 Å². The minimum absolute atomic E-state index is 0.279. The summed E-state index contributed by atoms with van der Waals surface area (Å²) in [7, 11) is 0. The summed E-state index contributed by atoms with van der Waals surface area (Å²) in [5.74, 6) is 0.600. The van der Waals surface area contributed by atoms with E-state index >= 15 is 0 Å². The Hall–Kier alpha value is -1.06. The molecule has 1 aromatic rings. The Morgan fingerprint density at radius 2 is 1.80 bits per heavy atom. The van der Waals surface area contributed by atoms with Gasteiger partial charge in [-0.1, -0.05) is 23.7 Å². The van der Waals surface area contributed by atoms with E-state index in [4.69, 9.17) is 11.6 Å². The van der Waals surface area contributed by atoms with Crippen LogP contribution in [0.3, 0.4) is 0 Å². The van der Waals surface area contributed by atoms with Crippen LogP contribution in [0, 0.1) is 5.92 Å². The molecular formula is C16H21ClN2O. The molecule has 0 bridgehead atoms. The summed E-state index contributed by atoms with van der Waals surface area (Å²) in [6.45, 7) is 3.08. The van der Waals surface area contributed by atoms with E-state index in [0.717, 1.165) is 50.3 Å². The van der Waals surface area contributed by atoms with Crippen molar-refractivity contribution in [2.75, 3.05) is 13.1 Å². The first-order valence-electron chi connectivity index (χ1n) is 7.48. The molecular weight excluding hydrogens is 272 g/mol. The third-order valence-corrected chi connectivity index (χ3v) is 4.45. The Labute approximate surface area is 125 Å². The Bertz CT molecular complexity index is 462. The van der Waals surface area contributed by atoms with Crippen molar-refractivity contribution in [3.8, 4) is 0 Å². The summed E-state index contributed by atoms with van der Waals surface area (Å²) in [5, 5.41) is 3.98. The maximum absolute atomic E-state index is 11.7. The smallest absolute Gasteiger partial charge is 0.223 e. The van der Waals surface area contributed by atoms with E-state index in [1.165, 1.54) is 5.56 Å². The lowest BCUT2D eigenvalue weighted by Crippen LogP contribution is -2.44. The fourth-order valence-corrected chi connectivity index (χ4v) is 2.87. The zero-order chi connectivity index (χ0) is 13.9. The Balaban J connectivity index is 1.43. The van der Waals surface area contributed by atoms with E-state index in [0.29, 0.717) is 12.0 Å². The number of likely N-dealkylation sites (tertiary alicyclic amines) is 1. The summed E-state index contributed by atoms with van der Waals surface area (Å²) in [5.41, 5.74) is 1.30. The highest BCUT2D eigenvalue weighted by atomic mass is 35.5. The van der Waals surface area contributed by atoms with Gasteiger partial charge in [-0.05, 0) is 43.4 Å². The zero-order valence-electron chi connectivity index (χ0n) is 11.6. The molecule has 3 nitrogen and oxygen atoms in total. The lowest BCUT2D eigenvalue weighted by Gasteiger charge is -2.32. The molecule has 0 aromatic heterocycles. The second-order valence-electron chi connectivity index (χ2n) is 5.96. The number of nitrogens with one attached hydrogen (secondary N) is 1. The number of halogens is 1. The monoisotopic (exact) mass is 292 g/mol. The molecule has 3 rings (SSSR count). The van der Waals surface area contributed by atoms with Gasteiger partial charge < -0.3 is 5.32 Å². The molecule has 1 N–H and O–H groups in total. The van der Waals surface area contributed by atoms with Crippen molar-refractivity contribution >= 4 is 17.5 Å². The van der Waals surface area contributed by atoms with Crippen LogP contribution < -0.4 is 5.32 Å².